The van der Waals surface area contributed by atoms with Gasteiger partial charge in [0.25, 0.3) is 5.91 Å². The third-order valence-corrected chi connectivity index (χ3v) is 4.44. The van der Waals surface area contributed by atoms with Crippen LogP contribution in [0.5, 0.6) is 0 Å². The molecule has 2 N–H and O–H groups in total. The molecule has 5 nitrogen and oxygen atoms in total. The number of aryl methyl sites for hydroxylation is 1. The molecule has 0 aromatic carbocycles. The molecule has 124 valence electrons. The van der Waals surface area contributed by atoms with Crippen LogP contribution in [0.15, 0.2) is 6.07 Å². The second kappa shape index (κ2) is 6.55. The number of nitrogens with one attached hydrogen (secondary N) is 1. The molecule has 0 saturated carbocycles. The minimum absolute atomic E-state index is 0.0149. The van der Waals surface area contributed by atoms with Crippen LogP contribution in [-0.4, -0.2) is 27.1 Å². The highest BCUT2D eigenvalue weighted by molar-refractivity contribution is 5.96. The van der Waals surface area contributed by atoms with E-state index in [9.17, 15) is 9.59 Å². The smallest absolute Gasteiger partial charge is 0.305 e. The van der Waals surface area contributed by atoms with E-state index < -0.39 is 11.5 Å². The molecule has 1 aromatic heterocycles. The highest BCUT2D eigenvalue weighted by atomic mass is 16.4. The first-order chi connectivity index (χ1) is 9.99. The van der Waals surface area contributed by atoms with Gasteiger partial charge in [-0.15, -0.1) is 0 Å². The molecule has 1 rings (SSSR count). The Labute approximate surface area is 132 Å². The number of carbonyl (C=O) groups is 2. The van der Waals surface area contributed by atoms with Crippen molar-refractivity contribution >= 4 is 11.9 Å². The van der Waals surface area contributed by atoms with Gasteiger partial charge in [-0.1, -0.05) is 13.8 Å². The van der Waals surface area contributed by atoms with Crippen LogP contribution in [0.1, 0.15) is 68.8 Å². The van der Waals surface area contributed by atoms with E-state index in [1.54, 1.807) is 6.92 Å². The summed E-state index contributed by atoms with van der Waals surface area (Å²) in [4.78, 5) is 23.7. The van der Waals surface area contributed by atoms with Gasteiger partial charge in [0.1, 0.15) is 0 Å². The predicted molar refractivity (Wildman–Crippen MR) is 87.3 cm³/mol. The SMILES string of the molecule is Cc1cc(C(=O)NC(C)(CC(=O)O)C(C)C)c(C)n1C(C)C. The predicted octanol–water partition coefficient (Wildman–Crippen LogP) is 3.31. The van der Waals surface area contributed by atoms with Crippen molar-refractivity contribution in [3.8, 4) is 0 Å². The highest BCUT2D eigenvalue weighted by Gasteiger charge is 2.34. The van der Waals surface area contributed by atoms with Crippen molar-refractivity contribution in [3.63, 3.8) is 0 Å². The van der Waals surface area contributed by atoms with Gasteiger partial charge in [-0.05, 0) is 46.6 Å². The Morgan fingerprint density at radius 3 is 2.18 bits per heavy atom. The fourth-order valence-electron chi connectivity index (χ4n) is 2.84. The Morgan fingerprint density at radius 1 is 1.27 bits per heavy atom. The summed E-state index contributed by atoms with van der Waals surface area (Å²) >= 11 is 0. The minimum atomic E-state index is -0.913. The zero-order valence-electron chi connectivity index (χ0n) is 14.7. The van der Waals surface area contributed by atoms with Gasteiger partial charge in [0.15, 0.2) is 0 Å². The number of aromatic nitrogens is 1. The topological polar surface area (TPSA) is 71.3 Å². The van der Waals surface area contributed by atoms with E-state index in [2.05, 4.69) is 23.7 Å². The third-order valence-electron chi connectivity index (χ3n) is 4.44. The summed E-state index contributed by atoms with van der Waals surface area (Å²) in [6, 6.07) is 2.14. The molecule has 0 bridgehead atoms. The molecule has 22 heavy (non-hydrogen) atoms. The molecule has 0 aliphatic heterocycles. The van der Waals surface area contributed by atoms with Gasteiger partial charge in [0.05, 0.1) is 17.5 Å². The Kier molecular flexibility index (Phi) is 5.44. The quantitative estimate of drug-likeness (QED) is 0.847. The van der Waals surface area contributed by atoms with Crippen LogP contribution in [0, 0.1) is 19.8 Å². The van der Waals surface area contributed by atoms with Crippen LogP contribution in [0.25, 0.3) is 0 Å². The van der Waals surface area contributed by atoms with Crippen molar-refractivity contribution in [2.24, 2.45) is 5.92 Å². The number of aliphatic carboxylic acids is 1. The number of hydrogen-bond acceptors (Lipinski definition) is 2. The van der Waals surface area contributed by atoms with Crippen molar-refractivity contribution in [1.29, 1.82) is 0 Å². The lowest BCUT2D eigenvalue weighted by Gasteiger charge is -2.33. The molecule has 0 spiro atoms. The van der Waals surface area contributed by atoms with Crippen molar-refractivity contribution in [2.45, 2.75) is 66.5 Å². The first-order valence-electron chi connectivity index (χ1n) is 7.72. The molecule has 0 fully saturated rings. The number of carboxylic acids is 1. The van der Waals surface area contributed by atoms with E-state index >= 15 is 0 Å². The second-order valence-electron chi connectivity index (χ2n) is 6.85. The van der Waals surface area contributed by atoms with Crippen LogP contribution >= 0.6 is 0 Å². The zero-order valence-corrected chi connectivity index (χ0v) is 14.7. The summed E-state index contributed by atoms with van der Waals surface area (Å²) < 4.78 is 2.11. The standard InChI is InChI=1S/C17H28N2O3/c1-10(2)17(7,9-15(20)21)18-16(22)14-8-12(5)19(11(3)4)13(14)6/h8,10-11H,9H2,1-7H3,(H,18,22)(H,20,21). The Morgan fingerprint density at radius 2 is 1.82 bits per heavy atom. The molecule has 1 heterocycles. The van der Waals surface area contributed by atoms with E-state index in [1.165, 1.54) is 0 Å². The highest BCUT2D eigenvalue weighted by Crippen LogP contribution is 2.24. The molecular formula is C17H28N2O3. The molecule has 0 aliphatic carbocycles. The molecule has 1 aromatic rings. The number of hydrogen-bond donors (Lipinski definition) is 2. The fourth-order valence-corrected chi connectivity index (χ4v) is 2.84. The van der Waals surface area contributed by atoms with E-state index in [0.717, 1.165) is 11.4 Å². The Hall–Kier alpha value is -1.78. The van der Waals surface area contributed by atoms with Crippen LogP contribution in [-0.2, 0) is 4.79 Å². The lowest BCUT2D eigenvalue weighted by Crippen LogP contribution is -2.51. The van der Waals surface area contributed by atoms with E-state index in [0.29, 0.717) is 5.56 Å². The molecular weight excluding hydrogens is 280 g/mol. The summed E-state index contributed by atoms with van der Waals surface area (Å²) in [5, 5.41) is 12.0. The normalized spacial score (nSPS) is 14.2. The average Bonchev–Trinajstić information content (AvgIpc) is 2.63. The fraction of sp³-hybridized carbons (Fsp3) is 0.647. The summed E-state index contributed by atoms with van der Waals surface area (Å²) in [5.41, 5.74) is 1.78. The number of rotatable bonds is 6. The van der Waals surface area contributed by atoms with Gasteiger partial charge in [-0.3, -0.25) is 9.59 Å². The molecule has 0 aliphatic rings. The molecule has 1 amide bonds. The molecule has 0 radical (unpaired) electrons. The van der Waals surface area contributed by atoms with Crippen LogP contribution in [0.3, 0.4) is 0 Å². The average molecular weight is 308 g/mol. The van der Waals surface area contributed by atoms with Gasteiger partial charge in [-0.2, -0.15) is 0 Å². The van der Waals surface area contributed by atoms with Gasteiger partial charge in [0, 0.05) is 17.4 Å². The summed E-state index contributed by atoms with van der Waals surface area (Å²) in [5.74, 6) is -1.11. The minimum Gasteiger partial charge on any atom is -0.481 e. The molecule has 1 atom stereocenters. The lowest BCUT2D eigenvalue weighted by atomic mass is 9.85. The number of nitrogens with zero attached hydrogens (tertiary/aromatic N) is 1. The maximum atomic E-state index is 12.6. The van der Waals surface area contributed by atoms with Crippen LogP contribution in [0.4, 0.5) is 0 Å². The van der Waals surface area contributed by atoms with Crippen molar-refractivity contribution < 1.29 is 14.7 Å². The van der Waals surface area contributed by atoms with Crippen LogP contribution in [0.2, 0.25) is 0 Å². The summed E-state index contributed by atoms with van der Waals surface area (Å²) in [6.07, 6.45) is -0.0979. The van der Waals surface area contributed by atoms with Crippen molar-refractivity contribution in [3.05, 3.63) is 23.0 Å². The van der Waals surface area contributed by atoms with Gasteiger partial charge in [-0.25, -0.2) is 0 Å². The van der Waals surface area contributed by atoms with Gasteiger partial charge < -0.3 is 15.0 Å². The second-order valence-corrected chi connectivity index (χ2v) is 6.85. The summed E-state index contributed by atoms with van der Waals surface area (Å²) in [7, 11) is 0. The number of carbonyl (C=O) groups excluding carboxylic acids is 1. The van der Waals surface area contributed by atoms with Crippen molar-refractivity contribution in [2.75, 3.05) is 0 Å². The molecule has 0 saturated heterocycles. The van der Waals surface area contributed by atoms with Gasteiger partial charge in [0.2, 0.25) is 0 Å². The Balaban J connectivity index is 3.11. The van der Waals surface area contributed by atoms with Gasteiger partial charge >= 0.3 is 5.97 Å². The van der Waals surface area contributed by atoms with Crippen molar-refractivity contribution in [1.82, 2.24) is 9.88 Å². The monoisotopic (exact) mass is 308 g/mol. The molecule has 5 heteroatoms. The maximum Gasteiger partial charge on any atom is 0.305 e. The van der Waals surface area contributed by atoms with E-state index in [4.69, 9.17) is 5.11 Å². The van der Waals surface area contributed by atoms with Crippen LogP contribution < -0.4 is 5.32 Å². The number of carboxylic acid groups (broad SMARTS) is 1. The first-order valence-corrected chi connectivity index (χ1v) is 7.72. The summed E-state index contributed by atoms with van der Waals surface area (Å²) in [6.45, 7) is 13.7. The largest absolute Gasteiger partial charge is 0.481 e. The first kappa shape index (κ1) is 18.3. The third kappa shape index (κ3) is 3.70. The maximum absolute atomic E-state index is 12.6. The van der Waals surface area contributed by atoms with E-state index in [-0.39, 0.29) is 24.3 Å². The van der Waals surface area contributed by atoms with E-state index in [1.807, 2.05) is 33.8 Å². The molecule has 1 unspecified atom stereocenters. The lowest BCUT2D eigenvalue weighted by molar-refractivity contribution is -0.138. The zero-order chi connectivity index (χ0) is 17.2. The number of amides is 1. The Bertz CT molecular complexity index is 573.